The molecule has 0 bridgehead atoms. The Kier molecular flexibility index (Phi) is 4.30. The van der Waals surface area contributed by atoms with Gasteiger partial charge in [-0.25, -0.2) is 0 Å². The molecule has 100 valence electrons. The molecular weight excluding hydrogens is 270 g/mol. The highest BCUT2D eigenvalue weighted by molar-refractivity contribution is 7.14. The molecule has 2 rings (SSSR count). The maximum atomic E-state index is 11.0. The maximum Gasteiger partial charge on any atom is 0.306 e. The number of halogens is 1. The van der Waals surface area contributed by atoms with Crippen LogP contribution in [0.1, 0.15) is 38.3 Å². The summed E-state index contributed by atoms with van der Waals surface area (Å²) in [6.07, 6.45) is 1.47. The molecule has 1 aromatic rings. The Morgan fingerprint density at radius 2 is 2.39 bits per heavy atom. The highest BCUT2D eigenvalue weighted by atomic mass is 35.5. The summed E-state index contributed by atoms with van der Waals surface area (Å²) >= 11 is 7.51. The number of hydrogen-bond acceptors (Lipinski definition) is 3. The second-order valence-corrected chi connectivity index (χ2v) is 6.55. The number of aliphatic carboxylic acids is 1. The van der Waals surface area contributed by atoms with Gasteiger partial charge in [-0.2, -0.15) is 0 Å². The quantitative estimate of drug-likeness (QED) is 0.922. The minimum absolute atomic E-state index is 0.186. The molecule has 0 spiro atoms. The number of hydrogen-bond donors (Lipinski definition) is 1. The van der Waals surface area contributed by atoms with Crippen LogP contribution in [0.15, 0.2) is 11.4 Å². The lowest BCUT2D eigenvalue weighted by Gasteiger charge is -2.40. The topological polar surface area (TPSA) is 40.5 Å². The number of piperidine rings is 1. The van der Waals surface area contributed by atoms with E-state index in [0.29, 0.717) is 12.1 Å². The summed E-state index contributed by atoms with van der Waals surface area (Å²) in [6, 6.07) is 2.61. The van der Waals surface area contributed by atoms with Crippen molar-refractivity contribution < 1.29 is 9.90 Å². The van der Waals surface area contributed by atoms with E-state index in [4.69, 9.17) is 16.7 Å². The van der Waals surface area contributed by atoms with Gasteiger partial charge in [0.05, 0.1) is 10.3 Å². The van der Waals surface area contributed by atoms with Crippen molar-refractivity contribution >= 4 is 28.9 Å². The number of carboxylic acid groups (broad SMARTS) is 1. The van der Waals surface area contributed by atoms with Crippen LogP contribution < -0.4 is 0 Å². The van der Waals surface area contributed by atoms with Crippen molar-refractivity contribution in [3.8, 4) is 0 Å². The van der Waals surface area contributed by atoms with Crippen molar-refractivity contribution in [1.82, 2.24) is 4.90 Å². The summed E-state index contributed by atoms with van der Waals surface area (Å²) in [5, 5.41) is 11.2. The van der Waals surface area contributed by atoms with Crippen LogP contribution in [0.2, 0.25) is 4.34 Å². The Morgan fingerprint density at radius 3 is 2.89 bits per heavy atom. The van der Waals surface area contributed by atoms with Crippen LogP contribution in [0.25, 0.3) is 0 Å². The molecule has 0 aliphatic carbocycles. The first kappa shape index (κ1) is 13.8. The molecule has 1 fully saturated rings. The monoisotopic (exact) mass is 287 g/mol. The second kappa shape index (κ2) is 5.59. The number of carbonyl (C=O) groups is 1. The minimum atomic E-state index is -0.660. The Morgan fingerprint density at radius 1 is 1.67 bits per heavy atom. The molecule has 0 saturated carbocycles. The fourth-order valence-electron chi connectivity index (χ4n) is 2.72. The van der Waals surface area contributed by atoms with Crippen LogP contribution in [0.4, 0.5) is 0 Å². The van der Waals surface area contributed by atoms with E-state index in [0.717, 1.165) is 23.7 Å². The van der Waals surface area contributed by atoms with Gasteiger partial charge in [0.2, 0.25) is 0 Å². The number of carboxylic acids is 1. The number of rotatable bonds is 3. The molecule has 0 aromatic carbocycles. The van der Waals surface area contributed by atoms with Gasteiger partial charge >= 0.3 is 5.97 Å². The molecule has 1 saturated heterocycles. The number of thiophene rings is 1. The maximum absolute atomic E-state index is 11.0. The van der Waals surface area contributed by atoms with Crippen molar-refractivity contribution in [2.24, 2.45) is 5.92 Å². The average molecular weight is 288 g/mol. The number of nitrogens with zero attached hydrogens (tertiary/aromatic N) is 1. The van der Waals surface area contributed by atoms with E-state index < -0.39 is 5.97 Å². The van der Waals surface area contributed by atoms with E-state index in [9.17, 15) is 4.79 Å². The van der Waals surface area contributed by atoms with Crippen LogP contribution in [0.5, 0.6) is 0 Å². The first-order valence-corrected chi connectivity index (χ1v) is 7.47. The third-order valence-electron chi connectivity index (χ3n) is 3.84. The number of likely N-dealkylation sites (tertiary alicyclic amines) is 1. The van der Waals surface area contributed by atoms with E-state index in [1.807, 2.05) is 6.07 Å². The van der Waals surface area contributed by atoms with Gasteiger partial charge in [0.1, 0.15) is 0 Å². The zero-order chi connectivity index (χ0) is 13.3. The van der Waals surface area contributed by atoms with Crippen molar-refractivity contribution in [3.05, 3.63) is 21.3 Å². The van der Waals surface area contributed by atoms with Gasteiger partial charge in [-0.05, 0) is 50.2 Å². The first-order chi connectivity index (χ1) is 8.49. The van der Waals surface area contributed by atoms with Gasteiger partial charge in [0.25, 0.3) is 0 Å². The lowest BCUT2D eigenvalue weighted by Crippen LogP contribution is -2.43. The van der Waals surface area contributed by atoms with Gasteiger partial charge in [-0.1, -0.05) is 11.6 Å². The van der Waals surface area contributed by atoms with E-state index in [1.54, 1.807) is 11.3 Å². The molecule has 0 radical (unpaired) electrons. The Labute approximate surface area is 116 Å². The van der Waals surface area contributed by atoms with Crippen LogP contribution in [-0.4, -0.2) is 28.6 Å². The largest absolute Gasteiger partial charge is 0.481 e. The minimum Gasteiger partial charge on any atom is -0.481 e. The summed E-state index contributed by atoms with van der Waals surface area (Å²) in [6.45, 7) is 5.11. The normalized spacial score (nSPS) is 27.1. The molecule has 5 heteroatoms. The predicted molar refractivity (Wildman–Crippen MR) is 74.3 cm³/mol. The summed E-state index contributed by atoms with van der Waals surface area (Å²) in [7, 11) is 0. The van der Waals surface area contributed by atoms with Gasteiger partial charge < -0.3 is 5.11 Å². The van der Waals surface area contributed by atoms with E-state index in [2.05, 4.69) is 24.1 Å². The van der Waals surface area contributed by atoms with Gasteiger partial charge in [-0.15, -0.1) is 11.3 Å². The molecule has 18 heavy (non-hydrogen) atoms. The first-order valence-electron chi connectivity index (χ1n) is 6.21. The van der Waals surface area contributed by atoms with Crippen LogP contribution in [-0.2, 0) is 4.79 Å². The third-order valence-corrected chi connectivity index (χ3v) is 4.95. The van der Waals surface area contributed by atoms with E-state index in [1.165, 1.54) is 5.56 Å². The smallest absolute Gasteiger partial charge is 0.306 e. The van der Waals surface area contributed by atoms with Crippen LogP contribution >= 0.6 is 22.9 Å². The zero-order valence-corrected chi connectivity index (χ0v) is 12.2. The lowest BCUT2D eigenvalue weighted by atomic mass is 9.90. The lowest BCUT2D eigenvalue weighted by molar-refractivity contribution is -0.144. The Balaban J connectivity index is 2.04. The molecule has 3 nitrogen and oxygen atoms in total. The van der Waals surface area contributed by atoms with Gasteiger partial charge in [0, 0.05) is 12.1 Å². The molecule has 1 aliphatic rings. The van der Waals surface area contributed by atoms with Crippen molar-refractivity contribution in [2.45, 2.75) is 38.8 Å². The van der Waals surface area contributed by atoms with E-state index in [-0.39, 0.29) is 5.92 Å². The van der Waals surface area contributed by atoms with Crippen molar-refractivity contribution in [1.29, 1.82) is 0 Å². The molecule has 1 aliphatic heterocycles. The van der Waals surface area contributed by atoms with Crippen molar-refractivity contribution in [2.75, 3.05) is 6.54 Å². The van der Waals surface area contributed by atoms with Crippen molar-refractivity contribution in [3.63, 3.8) is 0 Å². The van der Waals surface area contributed by atoms with Crippen LogP contribution in [0, 0.1) is 5.92 Å². The average Bonchev–Trinajstić information content (AvgIpc) is 2.74. The molecule has 1 aromatic heterocycles. The summed E-state index contributed by atoms with van der Waals surface area (Å²) in [5.41, 5.74) is 1.23. The highest BCUT2D eigenvalue weighted by Crippen LogP contribution is 2.33. The summed E-state index contributed by atoms with van der Waals surface area (Å²) < 4.78 is 0.810. The SMILES string of the molecule is CC1CC(C(=O)O)CCN1C(C)c1csc(Cl)c1. The predicted octanol–water partition coefficient (Wildman–Crippen LogP) is 3.65. The van der Waals surface area contributed by atoms with Crippen LogP contribution in [0.3, 0.4) is 0 Å². The molecule has 3 unspecified atom stereocenters. The fourth-order valence-corrected chi connectivity index (χ4v) is 3.70. The molecule has 0 amide bonds. The molecule has 2 heterocycles. The van der Waals surface area contributed by atoms with E-state index >= 15 is 0 Å². The summed E-state index contributed by atoms with van der Waals surface area (Å²) in [5.74, 6) is -0.845. The Bertz CT molecular complexity index is 434. The van der Waals surface area contributed by atoms with Gasteiger partial charge in [0.15, 0.2) is 0 Å². The standard InChI is InChI=1S/C13H18ClNO2S/c1-8-5-10(13(16)17)3-4-15(8)9(2)11-6-12(14)18-7-11/h6-10H,3-5H2,1-2H3,(H,16,17). The molecule has 1 N–H and O–H groups in total. The second-order valence-electron chi connectivity index (χ2n) is 5.01. The van der Waals surface area contributed by atoms with Gasteiger partial charge in [-0.3, -0.25) is 9.69 Å². The highest BCUT2D eigenvalue weighted by Gasteiger charge is 2.32. The fraction of sp³-hybridized carbons (Fsp3) is 0.615. The molecular formula is C13H18ClNO2S. The third kappa shape index (κ3) is 2.87. The molecule has 3 atom stereocenters. The summed E-state index contributed by atoms with van der Waals surface area (Å²) in [4.78, 5) is 13.4. The zero-order valence-electron chi connectivity index (χ0n) is 10.6. The Hall–Kier alpha value is -0.580.